The van der Waals surface area contributed by atoms with Crippen molar-refractivity contribution in [3.63, 3.8) is 0 Å². The molecule has 2 aliphatic heterocycles. The van der Waals surface area contributed by atoms with Crippen LogP contribution in [0.2, 0.25) is 0 Å². The smallest absolute Gasteiger partial charge is 0.222 e. The molecule has 2 fully saturated rings. The lowest BCUT2D eigenvalue weighted by atomic mass is 9.88. The molecule has 0 aliphatic carbocycles. The molecule has 2 saturated heterocycles. The largest absolute Gasteiger partial charge is 0.383 e. The lowest BCUT2D eigenvalue weighted by Gasteiger charge is -2.42. The molecule has 23 heavy (non-hydrogen) atoms. The van der Waals surface area contributed by atoms with Gasteiger partial charge in [-0.05, 0) is 25.2 Å². The molecule has 2 aliphatic rings. The van der Waals surface area contributed by atoms with E-state index in [2.05, 4.69) is 19.8 Å². The van der Waals surface area contributed by atoms with E-state index in [1.807, 2.05) is 6.20 Å². The average molecular weight is 318 g/mol. The number of carbonyl (C=O) groups excluding carboxylic acids is 1. The van der Waals surface area contributed by atoms with Gasteiger partial charge in [-0.25, -0.2) is 0 Å². The average Bonchev–Trinajstić information content (AvgIpc) is 2.72. The molecule has 126 valence electrons. The Morgan fingerprint density at radius 2 is 2.26 bits per heavy atom. The van der Waals surface area contributed by atoms with Crippen molar-refractivity contribution in [3.05, 3.63) is 24.3 Å². The summed E-state index contributed by atoms with van der Waals surface area (Å²) in [4.78, 5) is 25.4. The number of nitrogens with zero attached hydrogens (tertiary/aromatic N) is 4. The summed E-state index contributed by atoms with van der Waals surface area (Å²) < 4.78 is 5.19. The van der Waals surface area contributed by atoms with Crippen LogP contribution in [0.1, 0.15) is 31.4 Å². The second-order valence-electron chi connectivity index (χ2n) is 6.52. The maximum atomic E-state index is 12.4. The summed E-state index contributed by atoms with van der Waals surface area (Å²) in [6.45, 7) is 4.24. The number of carbonyl (C=O) groups is 1. The minimum absolute atomic E-state index is 0.303. The van der Waals surface area contributed by atoms with E-state index in [9.17, 15) is 4.79 Å². The Morgan fingerprint density at radius 3 is 3.04 bits per heavy atom. The Hall–Kier alpha value is -1.53. The maximum Gasteiger partial charge on any atom is 0.222 e. The molecule has 1 amide bonds. The van der Waals surface area contributed by atoms with E-state index in [0.29, 0.717) is 30.9 Å². The van der Waals surface area contributed by atoms with E-state index < -0.39 is 0 Å². The maximum absolute atomic E-state index is 12.4. The van der Waals surface area contributed by atoms with Crippen LogP contribution in [0.5, 0.6) is 0 Å². The van der Waals surface area contributed by atoms with E-state index in [1.165, 1.54) is 0 Å². The number of piperidine rings is 1. The first-order valence-corrected chi connectivity index (χ1v) is 8.53. The summed E-state index contributed by atoms with van der Waals surface area (Å²) in [5.41, 5.74) is 1.02. The third-order valence-electron chi connectivity index (χ3n) is 5.00. The fraction of sp³-hybridized carbons (Fsp3) is 0.706. The fourth-order valence-electron chi connectivity index (χ4n) is 3.90. The molecule has 3 rings (SSSR count). The van der Waals surface area contributed by atoms with E-state index in [1.54, 1.807) is 19.5 Å². The molecule has 0 N–H and O–H groups in total. The second kappa shape index (κ2) is 7.84. The lowest BCUT2D eigenvalue weighted by molar-refractivity contribution is -0.135. The molecule has 6 heteroatoms. The molecule has 1 aromatic heterocycles. The van der Waals surface area contributed by atoms with Crippen molar-refractivity contribution in [3.8, 4) is 0 Å². The predicted octanol–water partition coefficient (Wildman–Crippen LogP) is 1.33. The zero-order chi connectivity index (χ0) is 16.1. The highest BCUT2D eigenvalue weighted by atomic mass is 16.5. The molecule has 2 atom stereocenters. The number of amides is 1. The molecule has 0 radical (unpaired) electrons. The number of hydrogen-bond donors (Lipinski definition) is 0. The van der Waals surface area contributed by atoms with Crippen molar-refractivity contribution in [2.75, 3.05) is 33.4 Å². The van der Waals surface area contributed by atoms with Crippen LogP contribution in [0.25, 0.3) is 0 Å². The van der Waals surface area contributed by atoms with E-state index in [4.69, 9.17) is 4.74 Å². The highest BCUT2D eigenvalue weighted by Gasteiger charge is 2.37. The Bertz CT molecular complexity index is 511. The number of fused-ring (bicyclic) bond motifs is 1. The van der Waals surface area contributed by atoms with Gasteiger partial charge in [0.15, 0.2) is 0 Å². The second-order valence-corrected chi connectivity index (χ2v) is 6.52. The summed E-state index contributed by atoms with van der Waals surface area (Å²) in [5, 5.41) is 0. The van der Waals surface area contributed by atoms with Crippen LogP contribution in [0.15, 0.2) is 18.6 Å². The fourth-order valence-corrected chi connectivity index (χ4v) is 3.90. The summed E-state index contributed by atoms with van der Waals surface area (Å²) in [6, 6.07) is 0.373. The molecule has 0 saturated carbocycles. The standard InChI is InChI=1S/C17H26N4O2/c1-23-10-9-21-16-5-8-20(13-15-11-18-6-7-19-15)12-14(16)3-2-4-17(21)22/h6-7,11,14,16H,2-5,8-10,12-13H2,1H3/t14-,16+/m0/s1. The molecule has 0 aromatic carbocycles. The summed E-state index contributed by atoms with van der Waals surface area (Å²) >= 11 is 0. The monoisotopic (exact) mass is 318 g/mol. The van der Waals surface area contributed by atoms with Gasteiger partial charge in [0.2, 0.25) is 5.91 Å². The van der Waals surface area contributed by atoms with Crippen LogP contribution in [-0.2, 0) is 16.1 Å². The zero-order valence-corrected chi connectivity index (χ0v) is 13.9. The van der Waals surface area contributed by atoms with E-state index in [0.717, 1.165) is 51.1 Å². The first kappa shape index (κ1) is 16.3. The van der Waals surface area contributed by atoms with Crippen LogP contribution >= 0.6 is 0 Å². The van der Waals surface area contributed by atoms with E-state index in [-0.39, 0.29) is 0 Å². The highest BCUT2D eigenvalue weighted by molar-refractivity contribution is 5.76. The van der Waals surface area contributed by atoms with Crippen molar-refractivity contribution in [2.45, 2.75) is 38.3 Å². The SMILES string of the molecule is COCCN1C(=O)CCC[C@H]2CN(Cc3cnccn3)CC[C@H]21. The first-order chi connectivity index (χ1) is 11.3. The number of aromatic nitrogens is 2. The molecule has 3 heterocycles. The molecule has 1 aromatic rings. The number of methoxy groups -OCH3 is 1. The Labute approximate surface area is 137 Å². The number of rotatable bonds is 5. The van der Waals surface area contributed by atoms with Crippen LogP contribution in [0, 0.1) is 5.92 Å². The minimum atomic E-state index is 0.303. The lowest BCUT2D eigenvalue weighted by Crippen LogP contribution is -2.52. The van der Waals surface area contributed by atoms with E-state index >= 15 is 0 Å². The minimum Gasteiger partial charge on any atom is -0.383 e. The van der Waals surface area contributed by atoms with Gasteiger partial charge < -0.3 is 9.64 Å². The quantitative estimate of drug-likeness (QED) is 0.820. The van der Waals surface area contributed by atoms with Gasteiger partial charge in [-0.1, -0.05) is 0 Å². The van der Waals surface area contributed by atoms with Gasteiger partial charge in [0.05, 0.1) is 12.3 Å². The van der Waals surface area contributed by atoms with Crippen molar-refractivity contribution in [2.24, 2.45) is 5.92 Å². The normalized spacial score (nSPS) is 26.0. The molecule has 0 spiro atoms. The van der Waals surface area contributed by atoms with Crippen LogP contribution < -0.4 is 0 Å². The van der Waals surface area contributed by atoms with Crippen molar-refractivity contribution < 1.29 is 9.53 Å². The van der Waals surface area contributed by atoms with Crippen LogP contribution in [0.4, 0.5) is 0 Å². The Balaban J connectivity index is 1.64. The third kappa shape index (κ3) is 4.06. The Kier molecular flexibility index (Phi) is 5.56. The van der Waals surface area contributed by atoms with Gasteiger partial charge in [-0.3, -0.25) is 19.7 Å². The van der Waals surface area contributed by atoms with Crippen molar-refractivity contribution in [1.29, 1.82) is 0 Å². The predicted molar refractivity (Wildman–Crippen MR) is 86.6 cm³/mol. The number of hydrogen-bond acceptors (Lipinski definition) is 5. The van der Waals surface area contributed by atoms with Crippen molar-refractivity contribution >= 4 is 5.91 Å². The van der Waals surface area contributed by atoms with Crippen molar-refractivity contribution in [1.82, 2.24) is 19.8 Å². The van der Waals surface area contributed by atoms with Crippen LogP contribution in [0.3, 0.4) is 0 Å². The zero-order valence-electron chi connectivity index (χ0n) is 13.9. The van der Waals surface area contributed by atoms with Gasteiger partial charge >= 0.3 is 0 Å². The Morgan fingerprint density at radius 1 is 1.35 bits per heavy atom. The summed E-state index contributed by atoms with van der Waals surface area (Å²) in [5.74, 6) is 0.862. The summed E-state index contributed by atoms with van der Waals surface area (Å²) in [6.07, 6.45) is 9.16. The first-order valence-electron chi connectivity index (χ1n) is 8.53. The van der Waals surface area contributed by atoms with Gasteiger partial charge in [0.25, 0.3) is 0 Å². The topological polar surface area (TPSA) is 58.6 Å². The highest BCUT2D eigenvalue weighted by Crippen LogP contribution is 2.30. The van der Waals surface area contributed by atoms with Gasteiger partial charge in [0.1, 0.15) is 0 Å². The van der Waals surface area contributed by atoms with Gasteiger partial charge in [-0.2, -0.15) is 0 Å². The molecule has 0 unspecified atom stereocenters. The molecule has 0 bridgehead atoms. The van der Waals surface area contributed by atoms with Crippen LogP contribution in [-0.4, -0.2) is 65.1 Å². The number of ether oxygens (including phenoxy) is 1. The third-order valence-corrected chi connectivity index (χ3v) is 5.00. The molecular weight excluding hydrogens is 292 g/mol. The number of likely N-dealkylation sites (tertiary alicyclic amines) is 2. The molecular formula is C17H26N4O2. The summed E-state index contributed by atoms with van der Waals surface area (Å²) in [7, 11) is 1.70. The van der Waals surface area contributed by atoms with Gasteiger partial charge in [0, 0.05) is 64.3 Å². The molecule has 6 nitrogen and oxygen atoms in total. The van der Waals surface area contributed by atoms with Gasteiger partial charge in [-0.15, -0.1) is 0 Å².